The molecule has 5 heteroatoms. The summed E-state index contributed by atoms with van der Waals surface area (Å²) >= 11 is 0. The molecule has 0 bridgehead atoms. The molecule has 0 unspecified atom stereocenters. The van der Waals surface area contributed by atoms with Crippen LogP contribution in [-0.4, -0.2) is 16.8 Å². The van der Waals surface area contributed by atoms with E-state index in [9.17, 15) is 9.59 Å². The molecule has 124 valence electrons. The van der Waals surface area contributed by atoms with E-state index in [0.29, 0.717) is 5.56 Å². The average Bonchev–Trinajstić information content (AvgIpc) is 3.51. The van der Waals surface area contributed by atoms with E-state index in [-0.39, 0.29) is 17.7 Å². The minimum absolute atomic E-state index is 0.0364. The molecule has 0 aliphatic heterocycles. The van der Waals surface area contributed by atoms with Crippen molar-refractivity contribution in [2.45, 2.75) is 12.8 Å². The molecule has 0 atom stereocenters. The number of fused-ring (bicyclic) bond motifs is 1. The van der Waals surface area contributed by atoms with Crippen molar-refractivity contribution in [3.63, 3.8) is 0 Å². The van der Waals surface area contributed by atoms with Gasteiger partial charge in [0, 0.05) is 16.9 Å². The first-order valence-electron chi connectivity index (χ1n) is 8.28. The summed E-state index contributed by atoms with van der Waals surface area (Å²) in [5, 5.41) is 0.750. The average molecular weight is 331 g/mol. The summed E-state index contributed by atoms with van der Waals surface area (Å²) in [6.45, 7) is 0. The molecule has 0 spiro atoms. The molecule has 25 heavy (non-hydrogen) atoms. The third-order valence-corrected chi connectivity index (χ3v) is 4.28. The molecule has 1 heterocycles. The second-order valence-corrected chi connectivity index (χ2v) is 6.16. The Morgan fingerprint density at radius 1 is 0.920 bits per heavy atom. The molecular formula is C20H17N3O2. The van der Waals surface area contributed by atoms with Crippen molar-refractivity contribution in [1.82, 2.24) is 15.8 Å². The van der Waals surface area contributed by atoms with Gasteiger partial charge in [0.25, 0.3) is 5.91 Å². The van der Waals surface area contributed by atoms with Crippen LogP contribution in [0.1, 0.15) is 23.2 Å². The Bertz CT molecular complexity index is 950. The molecule has 2 N–H and O–H groups in total. The van der Waals surface area contributed by atoms with E-state index in [1.54, 1.807) is 6.07 Å². The Kier molecular flexibility index (Phi) is 3.90. The van der Waals surface area contributed by atoms with E-state index in [2.05, 4.69) is 15.8 Å². The first kappa shape index (κ1) is 15.3. The van der Waals surface area contributed by atoms with Gasteiger partial charge in [-0.3, -0.25) is 20.4 Å². The lowest BCUT2D eigenvalue weighted by Crippen LogP contribution is -2.42. The van der Waals surface area contributed by atoms with Crippen LogP contribution in [0.4, 0.5) is 0 Å². The van der Waals surface area contributed by atoms with Crippen LogP contribution in [0.5, 0.6) is 0 Å². The molecule has 1 aliphatic rings. The zero-order valence-electron chi connectivity index (χ0n) is 13.5. The van der Waals surface area contributed by atoms with Gasteiger partial charge in [0.05, 0.1) is 16.8 Å². The molecule has 5 nitrogen and oxygen atoms in total. The van der Waals surface area contributed by atoms with Crippen molar-refractivity contribution >= 4 is 22.7 Å². The monoisotopic (exact) mass is 331 g/mol. The molecule has 1 fully saturated rings. The molecule has 2 aromatic carbocycles. The molecule has 0 radical (unpaired) electrons. The molecule has 4 rings (SSSR count). The number of hydrogen-bond donors (Lipinski definition) is 2. The lowest BCUT2D eigenvalue weighted by atomic mass is 10.0. The maximum atomic E-state index is 12.6. The highest BCUT2D eigenvalue weighted by atomic mass is 16.2. The first-order valence-corrected chi connectivity index (χ1v) is 8.28. The zero-order chi connectivity index (χ0) is 17.2. The number of para-hydroxylation sites is 1. The van der Waals surface area contributed by atoms with E-state index in [1.807, 2.05) is 54.6 Å². The maximum Gasteiger partial charge on any atom is 0.270 e. The number of amides is 2. The van der Waals surface area contributed by atoms with Crippen LogP contribution in [-0.2, 0) is 4.79 Å². The quantitative estimate of drug-likeness (QED) is 0.725. The van der Waals surface area contributed by atoms with Crippen LogP contribution in [0.2, 0.25) is 0 Å². The van der Waals surface area contributed by atoms with Gasteiger partial charge < -0.3 is 0 Å². The second-order valence-electron chi connectivity index (χ2n) is 6.16. The van der Waals surface area contributed by atoms with Gasteiger partial charge in [0.1, 0.15) is 0 Å². The van der Waals surface area contributed by atoms with Crippen LogP contribution in [0, 0.1) is 5.92 Å². The summed E-state index contributed by atoms with van der Waals surface area (Å²) in [6, 6.07) is 19.0. The lowest BCUT2D eigenvalue weighted by Gasteiger charge is -2.11. The summed E-state index contributed by atoms with van der Waals surface area (Å²) in [5.74, 6) is -0.436. The molecule has 1 aromatic heterocycles. The van der Waals surface area contributed by atoms with Crippen LogP contribution < -0.4 is 10.9 Å². The van der Waals surface area contributed by atoms with Crippen LogP contribution in [0.25, 0.3) is 22.2 Å². The molecule has 1 saturated carbocycles. The standard InChI is InChI=1S/C20H17N3O2/c24-19(14-10-11-14)22-23-20(25)16-12-18(13-6-2-1-3-7-13)21-17-9-5-4-8-15(16)17/h1-9,12,14H,10-11H2,(H,22,24)(H,23,25). The molecule has 0 saturated heterocycles. The van der Waals surface area contributed by atoms with Gasteiger partial charge in [-0.05, 0) is 25.0 Å². The number of nitrogens with zero attached hydrogens (tertiary/aromatic N) is 1. The number of nitrogens with one attached hydrogen (secondary N) is 2. The Balaban J connectivity index is 1.70. The minimum Gasteiger partial charge on any atom is -0.273 e. The van der Waals surface area contributed by atoms with Crippen molar-refractivity contribution in [2.24, 2.45) is 5.92 Å². The largest absolute Gasteiger partial charge is 0.273 e. The summed E-state index contributed by atoms with van der Waals surface area (Å²) in [6.07, 6.45) is 1.77. The third-order valence-electron chi connectivity index (χ3n) is 4.28. The summed E-state index contributed by atoms with van der Waals surface area (Å²) in [4.78, 5) is 29.0. The van der Waals surface area contributed by atoms with E-state index < -0.39 is 0 Å². The van der Waals surface area contributed by atoms with Gasteiger partial charge in [0.2, 0.25) is 5.91 Å². The van der Waals surface area contributed by atoms with Crippen molar-refractivity contribution in [3.8, 4) is 11.3 Å². The molecule has 1 aliphatic carbocycles. The molecule has 3 aromatic rings. The van der Waals surface area contributed by atoms with E-state index >= 15 is 0 Å². The van der Waals surface area contributed by atoms with Gasteiger partial charge in [-0.1, -0.05) is 48.5 Å². The normalized spacial score (nSPS) is 13.4. The number of carbonyl (C=O) groups excluding carboxylic acids is 2. The number of rotatable bonds is 3. The van der Waals surface area contributed by atoms with Gasteiger partial charge in [0.15, 0.2) is 0 Å². The van der Waals surface area contributed by atoms with Crippen LogP contribution in [0.3, 0.4) is 0 Å². The Morgan fingerprint density at radius 3 is 2.40 bits per heavy atom. The van der Waals surface area contributed by atoms with Gasteiger partial charge in [-0.2, -0.15) is 0 Å². The van der Waals surface area contributed by atoms with Crippen molar-refractivity contribution in [2.75, 3.05) is 0 Å². The Morgan fingerprint density at radius 2 is 1.64 bits per heavy atom. The maximum absolute atomic E-state index is 12.6. The van der Waals surface area contributed by atoms with Gasteiger partial charge in [-0.15, -0.1) is 0 Å². The number of hydrazine groups is 1. The smallest absolute Gasteiger partial charge is 0.270 e. The van der Waals surface area contributed by atoms with E-state index in [1.165, 1.54) is 0 Å². The summed E-state index contributed by atoms with van der Waals surface area (Å²) < 4.78 is 0. The highest BCUT2D eigenvalue weighted by molar-refractivity contribution is 6.07. The second kappa shape index (κ2) is 6.36. The molecule has 2 amide bonds. The Labute approximate surface area is 145 Å². The van der Waals surface area contributed by atoms with E-state index in [4.69, 9.17) is 0 Å². The lowest BCUT2D eigenvalue weighted by molar-refractivity contribution is -0.123. The fourth-order valence-corrected chi connectivity index (χ4v) is 2.75. The van der Waals surface area contributed by atoms with Crippen LogP contribution in [0.15, 0.2) is 60.7 Å². The number of pyridine rings is 1. The summed E-state index contributed by atoms with van der Waals surface area (Å²) in [7, 11) is 0. The minimum atomic E-state index is -0.343. The fourth-order valence-electron chi connectivity index (χ4n) is 2.75. The number of aromatic nitrogens is 1. The highest BCUT2D eigenvalue weighted by Gasteiger charge is 2.29. The fraction of sp³-hybridized carbons (Fsp3) is 0.150. The van der Waals surface area contributed by atoms with Crippen LogP contribution >= 0.6 is 0 Å². The predicted octanol–water partition coefficient (Wildman–Crippen LogP) is 3.07. The summed E-state index contributed by atoms with van der Waals surface area (Å²) in [5.41, 5.74) is 7.91. The molecular weight excluding hydrogens is 314 g/mol. The van der Waals surface area contributed by atoms with Gasteiger partial charge >= 0.3 is 0 Å². The SMILES string of the molecule is O=C(NNC(=O)C1CC1)c1cc(-c2ccccc2)nc2ccccc12. The predicted molar refractivity (Wildman–Crippen MR) is 95.5 cm³/mol. The van der Waals surface area contributed by atoms with Crippen molar-refractivity contribution < 1.29 is 9.59 Å². The highest BCUT2D eigenvalue weighted by Crippen LogP contribution is 2.28. The number of benzene rings is 2. The Hall–Kier alpha value is -3.21. The van der Waals surface area contributed by atoms with Crippen molar-refractivity contribution in [3.05, 3.63) is 66.2 Å². The van der Waals surface area contributed by atoms with E-state index in [0.717, 1.165) is 35.0 Å². The third kappa shape index (κ3) is 3.21. The van der Waals surface area contributed by atoms with Crippen molar-refractivity contribution in [1.29, 1.82) is 0 Å². The topological polar surface area (TPSA) is 71.1 Å². The first-order chi connectivity index (χ1) is 12.2. The number of carbonyl (C=O) groups is 2. The zero-order valence-corrected chi connectivity index (χ0v) is 13.5. The number of hydrogen-bond acceptors (Lipinski definition) is 3. The van der Waals surface area contributed by atoms with Gasteiger partial charge in [-0.25, -0.2) is 4.98 Å².